The minimum absolute atomic E-state index is 0.00580. The first-order valence-corrected chi connectivity index (χ1v) is 5.32. The summed E-state index contributed by atoms with van der Waals surface area (Å²) in [6.07, 6.45) is -0.0832. The Morgan fingerprint density at radius 3 is 2.61 bits per heavy atom. The monoisotopic (exact) mass is 253 g/mol. The molecule has 6 nitrogen and oxygen atoms in total. The van der Waals surface area contributed by atoms with Gasteiger partial charge in [0.1, 0.15) is 5.75 Å². The van der Waals surface area contributed by atoms with Crippen molar-refractivity contribution in [2.24, 2.45) is 0 Å². The molecule has 0 bridgehead atoms. The topological polar surface area (TPSA) is 95.9 Å². The highest BCUT2D eigenvalue weighted by atomic mass is 16.5. The van der Waals surface area contributed by atoms with Crippen LogP contribution in [0.2, 0.25) is 0 Å². The number of carboxylic acid groups (broad SMARTS) is 1. The maximum atomic E-state index is 11.6. The maximum Gasteiger partial charge on any atom is 0.328 e. The van der Waals surface area contributed by atoms with Gasteiger partial charge in [0.25, 0.3) is 0 Å². The normalized spacial score (nSPS) is 11.8. The van der Waals surface area contributed by atoms with Crippen molar-refractivity contribution in [1.82, 2.24) is 5.32 Å². The van der Waals surface area contributed by atoms with Crippen LogP contribution in [-0.2, 0) is 20.7 Å². The molecular formula is C12H15NO5. The fourth-order valence-corrected chi connectivity index (χ4v) is 1.42. The van der Waals surface area contributed by atoms with Crippen LogP contribution in [0.3, 0.4) is 0 Å². The Bertz CT molecular complexity index is 432. The number of carbonyl (C=O) groups excluding carboxylic acids is 1. The van der Waals surface area contributed by atoms with Crippen molar-refractivity contribution in [1.29, 1.82) is 0 Å². The third-order valence-corrected chi connectivity index (χ3v) is 2.31. The lowest BCUT2D eigenvalue weighted by Gasteiger charge is -2.13. The maximum absolute atomic E-state index is 11.6. The van der Waals surface area contributed by atoms with E-state index in [1.807, 2.05) is 0 Å². The predicted molar refractivity (Wildman–Crippen MR) is 63.3 cm³/mol. The van der Waals surface area contributed by atoms with Crippen molar-refractivity contribution in [2.75, 3.05) is 13.7 Å². The van der Waals surface area contributed by atoms with Gasteiger partial charge >= 0.3 is 5.97 Å². The third kappa shape index (κ3) is 4.06. The molecule has 98 valence electrons. The zero-order valence-electron chi connectivity index (χ0n) is 9.92. The number of hydrogen-bond acceptors (Lipinski definition) is 4. The molecule has 1 amide bonds. The molecule has 0 aliphatic carbocycles. The Morgan fingerprint density at radius 2 is 2.06 bits per heavy atom. The molecule has 0 aliphatic rings. The van der Waals surface area contributed by atoms with Gasteiger partial charge in [-0.2, -0.15) is 0 Å². The van der Waals surface area contributed by atoms with E-state index in [9.17, 15) is 14.7 Å². The molecule has 1 aromatic rings. The van der Waals surface area contributed by atoms with E-state index in [1.54, 1.807) is 18.2 Å². The van der Waals surface area contributed by atoms with Gasteiger partial charge in [0, 0.05) is 12.7 Å². The molecule has 6 heteroatoms. The molecule has 1 unspecified atom stereocenters. The molecule has 0 heterocycles. The summed E-state index contributed by atoms with van der Waals surface area (Å²) in [4.78, 5) is 22.4. The third-order valence-electron chi connectivity index (χ3n) is 2.31. The van der Waals surface area contributed by atoms with Gasteiger partial charge in [-0.3, -0.25) is 4.79 Å². The van der Waals surface area contributed by atoms with Crippen molar-refractivity contribution >= 4 is 11.9 Å². The van der Waals surface area contributed by atoms with Crippen molar-refractivity contribution < 1.29 is 24.5 Å². The molecule has 0 spiro atoms. The number of nitrogens with one attached hydrogen (secondary N) is 1. The summed E-state index contributed by atoms with van der Waals surface area (Å²) in [5.74, 6) is -1.64. The molecule has 0 saturated heterocycles. The van der Waals surface area contributed by atoms with E-state index in [1.165, 1.54) is 13.2 Å². The van der Waals surface area contributed by atoms with Crippen LogP contribution in [-0.4, -0.2) is 41.8 Å². The van der Waals surface area contributed by atoms with Gasteiger partial charge in [-0.05, 0) is 6.07 Å². The molecule has 0 radical (unpaired) electrons. The number of carboxylic acids is 1. The zero-order valence-corrected chi connectivity index (χ0v) is 9.92. The van der Waals surface area contributed by atoms with Crippen LogP contribution in [0.4, 0.5) is 0 Å². The summed E-state index contributed by atoms with van der Waals surface area (Å²) >= 11 is 0. The summed E-state index contributed by atoms with van der Waals surface area (Å²) in [6, 6.07) is 5.30. The second-order valence-corrected chi connectivity index (χ2v) is 3.72. The first-order valence-electron chi connectivity index (χ1n) is 5.32. The lowest BCUT2D eigenvalue weighted by Crippen LogP contribution is -2.44. The number of methoxy groups -OCH3 is 1. The highest BCUT2D eigenvalue weighted by Crippen LogP contribution is 2.15. The lowest BCUT2D eigenvalue weighted by atomic mass is 10.1. The van der Waals surface area contributed by atoms with E-state index in [0.29, 0.717) is 5.56 Å². The number of hydrogen-bond donors (Lipinski definition) is 3. The zero-order chi connectivity index (χ0) is 13.5. The van der Waals surface area contributed by atoms with E-state index < -0.39 is 17.9 Å². The molecular weight excluding hydrogens is 238 g/mol. The summed E-state index contributed by atoms with van der Waals surface area (Å²) in [5.41, 5.74) is 0.441. The summed E-state index contributed by atoms with van der Waals surface area (Å²) < 4.78 is 4.70. The van der Waals surface area contributed by atoms with E-state index >= 15 is 0 Å². The second kappa shape index (κ2) is 6.61. The molecule has 3 N–H and O–H groups in total. The van der Waals surface area contributed by atoms with Crippen LogP contribution < -0.4 is 5.32 Å². The van der Waals surface area contributed by atoms with Crippen LogP contribution in [0.5, 0.6) is 5.75 Å². The molecule has 0 saturated carbocycles. The van der Waals surface area contributed by atoms with Gasteiger partial charge < -0.3 is 20.3 Å². The van der Waals surface area contributed by atoms with Crippen molar-refractivity contribution in [3.63, 3.8) is 0 Å². The minimum Gasteiger partial charge on any atom is -0.508 e. The van der Waals surface area contributed by atoms with Crippen LogP contribution in [0.1, 0.15) is 5.56 Å². The minimum atomic E-state index is -1.16. The standard InChI is InChI=1S/C12H15NO5/c1-18-7-9(12(16)17)13-11(15)6-8-4-2-3-5-10(8)14/h2-5,9,14H,6-7H2,1H3,(H,13,15)(H,16,17). The number of carbonyl (C=O) groups is 2. The van der Waals surface area contributed by atoms with Gasteiger partial charge in [-0.25, -0.2) is 4.79 Å². The molecule has 18 heavy (non-hydrogen) atoms. The summed E-state index contributed by atoms with van der Waals surface area (Å²) in [7, 11) is 1.35. The Kier molecular flexibility index (Phi) is 5.13. The summed E-state index contributed by atoms with van der Waals surface area (Å²) in [5, 5.41) is 20.6. The van der Waals surface area contributed by atoms with Gasteiger partial charge in [0.2, 0.25) is 5.91 Å². The quantitative estimate of drug-likeness (QED) is 0.670. The Hall–Kier alpha value is -2.08. The fourth-order valence-electron chi connectivity index (χ4n) is 1.42. The van der Waals surface area contributed by atoms with Gasteiger partial charge in [0.05, 0.1) is 13.0 Å². The first-order chi connectivity index (χ1) is 8.54. The van der Waals surface area contributed by atoms with Crippen molar-refractivity contribution in [3.05, 3.63) is 29.8 Å². The first kappa shape index (κ1) is 14.0. The van der Waals surface area contributed by atoms with Gasteiger partial charge in [0.15, 0.2) is 6.04 Å². The number of amides is 1. The molecule has 1 rings (SSSR count). The van der Waals surface area contributed by atoms with Gasteiger partial charge in [-0.15, -0.1) is 0 Å². The number of aromatic hydroxyl groups is 1. The number of benzene rings is 1. The van der Waals surface area contributed by atoms with Crippen molar-refractivity contribution in [2.45, 2.75) is 12.5 Å². The fraction of sp³-hybridized carbons (Fsp3) is 0.333. The van der Waals surface area contributed by atoms with Crippen LogP contribution in [0, 0.1) is 0 Å². The predicted octanol–water partition coefficient (Wildman–Crippen LogP) is 0.150. The Balaban J connectivity index is 2.61. The number of rotatable bonds is 6. The summed E-state index contributed by atoms with van der Waals surface area (Å²) in [6.45, 7) is -0.109. The van der Waals surface area contributed by atoms with Gasteiger partial charge in [-0.1, -0.05) is 18.2 Å². The largest absolute Gasteiger partial charge is 0.508 e. The number of aliphatic carboxylic acids is 1. The Labute approximate surface area is 104 Å². The number of para-hydroxylation sites is 1. The van der Waals surface area contributed by atoms with Crippen LogP contribution in [0.15, 0.2) is 24.3 Å². The average molecular weight is 253 g/mol. The molecule has 1 aromatic carbocycles. The highest BCUT2D eigenvalue weighted by molar-refractivity contribution is 5.85. The molecule has 0 aromatic heterocycles. The number of ether oxygens (including phenoxy) is 1. The van der Waals surface area contributed by atoms with Crippen molar-refractivity contribution in [3.8, 4) is 5.75 Å². The number of phenols is 1. The average Bonchev–Trinajstić information content (AvgIpc) is 2.31. The SMILES string of the molecule is COCC(NC(=O)Cc1ccccc1O)C(=O)O. The van der Waals surface area contributed by atoms with E-state index in [4.69, 9.17) is 9.84 Å². The molecule has 0 aliphatic heterocycles. The van der Waals surface area contributed by atoms with Crippen LogP contribution in [0.25, 0.3) is 0 Å². The second-order valence-electron chi connectivity index (χ2n) is 3.72. The van der Waals surface area contributed by atoms with E-state index in [2.05, 4.69) is 5.32 Å². The van der Waals surface area contributed by atoms with E-state index in [-0.39, 0.29) is 18.8 Å². The molecule has 0 fully saturated rings. The van der Waals surface area contributed by atoms with Crippen LogP contribution >= 0.6 is 0 Å². The highest BCUT2D eigenvalue weighted by Gasteiger charge is 2.20. The molecule has 1 atom stereocenters. The lowest BCUT2D eigenvalue weighted by molar-refractivity contribution is -0.143. The van der Waals surface area contributed by atoms with E-state index in [0.717, 1.165) is 0 Å². The Morgan fingerprint density at radius 1 is 1.39 bits per heavy atom. The smallest absolute Gasteiger partial charge is 0.328 e. The number of phenolic OH excluding ortho intramolecular Hbond substituents is 1.